The van der Waals surface area contributed by atoms with Crippen molar-refractivity contribution in [3.63, 3.8) is 0 Å². The summed E-state index contributed by atoms with van der Waals surface area (Å²) in [5.41, 5.74) is 3.81. The minimum absolute atomic E-state index is 0.623. The van der Waals surface area contributed by atoms with E-state index < -0.39 is 0 Å². The molecular formula is C42H66N20O5S4. The van der Waals surface area contributed by atoms with Gasteiger partial charge in [0.25, 0.3) is 0 Å². The van der Waals surface area contributed by atoms with Crippen molar-refractivity contribution in [2.75, 3.05) is 0 Å². The van der Waals surface area contributed by atoms with E-state index in [1.807, 2.05) is 104 Å². The van der Waals surface area contributed by atoms with E-state index in [0.29, 0.717) is 35.2 Å². The summed E-state index contributed by atoms with van der Waals surface area (Å²) in [4.78, 5) is 20.9. The highest BCUT2D eigenvalue weighted by atomic mass is 32.1. The molecule has 0 amide bonds. The Hall–Kier alpha value is -6.85. The molecule has 0 saturated heterocycles. The highest BCUT2D eigenvalue weighted by Gasteiger charge is 1.96. The van der Waals surface area contributed by atoms with Crippen molar-refractivity contribution < 1.29 is 22.5 Å². The number of rotatable bonds is 0. The Kier molecular flexibility index (Phi) is 33.5. The van der Waals surface area contributed by atoms with E-state index in [-0.39, 0.29) is 0 Å². The Morgan fingerprint density at radius 1 is 0.423 bits per heavy atom. The summed E-state index contributed by atoms with van der Waals surface area (Å²) in [5, 5.41) is 46.3. The van der Waals surface area contributed by atoms with Crippen LogP contribution in [0.1, 0.15) is 120 Å². The summed E-state index contributed by atoms with van der Waals surface area (Å²) in [6.07, 6.45) is 3.53. The van der Waals surface area contributed by atoms with Gasteiger partial charge in [-0.25, -0.2) is 9.97 Å². The van der Waals surface area contributed by atoms with Crippen LogP contribution in [0.5, 0.6) is 0 Å². The first kappa shape index (κ1) is 64.1. The minimum atomic E-state index is 0.623. The van der Waals surface area contributed by atoms with E-state index in [9.17, 15) is 0 Å². The van der Waals surface area contributed by atoms with Crippen LogP contribution in [-0.2, 0) is 0 Å². The maximum atomic E-state index is 4.86. The second-order valence-electron chi connectivity index (χ2n) is 13.6. The molecule has 0 saturated carbocycles. The standard InChI is InChI=1S/5C4H6N2O.4C4H6N2S.C4H6N2.C2H6/c1-3-5-6-4(2)7-3;2*1-3-5-4(2)7-6-3;2*1-3-4(2)7-6-5-3;1-3-5-6-4(2)7-3;1-3-5-4(2)7-6-3;2*1-3-4(2)7-6-5-3;1-4-5-2-3-6-4;1-2/h9*1-2H3;2-3H,1H3,(H,5,6);1-2H3. The lowest BCUT2D eigenvalue weighted by atomic mass is 10.4. The predicted octanol–water partition coefficient (Wildman–Crippen LogP) is 9.80. The second kappa shape index (κ2) is 37.0. The summed E-state index contributed by atoms with van der Waals surface area (Å²) >= 11 is 5.95. The van der Waals surface area contributed by atoms with E-state index in [1.54, 1.807) is 65.3 Å². The van der Waals surface area contributed by atoms with Crippen LogP contribution in [0, 0.1) is 132 Å². The molecule has 10 heterocycles. The maximum Gasteiger partial charge on any atom is 0.223 e. The Bertz CT molecular complexity index is 2270. The van der Waals surface area contributed by atoms with Crippen molar-refractivity contribution in [1.82, 2.24) is 99.9 Å². The van der Waals surface area contributed by atoms with Crippen molar-refractivity contribution in [2.24, 2.45) is 0 Å². The molecule has 10 rings (SSSR count). The molecule has 0 spiro atoms. The van der Waals surface area contributed by atoms with Crippen LogP contribution in [0.15, 0.2) is 34.9 Å². The highest BCUT2D eigenvalue weighted by molar-refractivity contribution is 7.11. The molecule has 0 aromatic carbocycles. The fourth-order valence-corrected chi connectivity index (χ4v) is 5.44. The van der Waals surface area contributed by atoms with Gasteiger partial charge in [-0.3, -0.25) is 0 Å². The van der Waals surface area contributed by atoms with Crippen LogP contribution < -0.4 is 0 Å². The summed E-state index contributed by atoms with van der Waals surface area (Å²) < 4.78 is 34.6. The molecule has 0 unspecified atom stereocenters. The molecule has 71 heavy (non-hydrogen) atoms. The highest BCUT2D eigenvalue weighted by Crippen LogP contribution is 2.06. The summed E-state index contributed by atoms with van der Waals surface area (Å²) in [7, 11) is 0. The maximum absolute atomic E-state index is 4.86. The lowest BCUT2D eigenvalue weighted by Crippen LogP contribution is -1.70. The summed E-state index contributed by atoms with van der Waals surface area (Å²) in [6, 6.07) is 0. The summed E-state index contributed by atoms with van der Waals surface area (Å²) in [5.74, 6) is 7.30. The van der Waals surface area contributed by atoms with Crippen molar-refractivity contribution in [2.45, 2.75) is 145 Å². The van der Waals surface area contributed by atoms with Crippen LogP contribution in [0.2, 0.25) is 0 Å². The van der Waals surface area contributed by atoms with Crippen LogP contribution in [-0.4, -0.2) is 99.9 Å². The predicted molar refractivity (Wildman–Crippen MR) is 271 cm³/mol. The quantitative estimate of drug-likeness (QED) is 0.147. The lowest BCUT2D eigenvalue weighted by Gasteiger charge is -1.74. The van der Waals surface area contributed by atoms with E-state index in [1.165, 1.54) is 44.4 Å². The first-order valence-corrected chi connectivity index (χ1v) is 24.5. The molecule has 10 aromatic heterocycles. The first-order chi connectivity index (χ1) is 33.6. The number of aromatic amines is 1. The number of hydrogen-bond acceptors (Lipinski definition) is 28. The molecule has 388 valence electrons. The monoisotopic (exact) mass is 1060 g/mol. The van der Waals surface area contributed by atoms with Crippen molar-refractivity contribution >= 4 is 45.9 Å². The number of aromatic nitrogens is 20. The van der Waals surface area contributed by atoms with Gasteiger partial charge in [0.05, 0.1) is 11.4 Å². The fraction of sp³-hybridized carbons (Fsp3) is 0.500. The largest absolute Gasteiger partial charge is 0.426 e. The number of hydrogen-bond donors (Lipinski definition) is 1. The second-order valence-corrected chi connectivity index (χ2v) is 17.9. The Morgan fingerprint density at radius 3 is 0.958 bits per heavy atom. The molecule has 1 N–H and O–H groups in total. The van der Waals surface area contributed by atoms with Gasteiger partial charge in [0.15, 0.2) is 23.2 Å². The zero-order valence-electron chi connectivity index (χ0n) is 44.3. The van der Waals surface area contributed by atoms with E-state index >= 15 is 0 Å². The van der Waals surface area contributed by atoms with Gasteiger partial charge in [0.2, 0.25) is 23.6 Å². The SMILES string of the molecule is CC.Cc1ncc[nH]1.Cc1nnc(C)o1.Cc1nnc(C)s1.Cc1nnoc1C.Cc1nnoc1C.Cc1nnsc1C.Cc1nnsc1C.Cc1noc(C)n1.Cc1noc(C)n1.Cc1nsc(C)n1. The number of aryl methyl sites for hydroxylation is 19. The van der Waals surface area contributed by atoms with E-state index in [0.717, 1.165) is 61.0 Å². The Balaban J connectivity index is 0.000000764. The van der Waals surface area contributed by atoms with Gasteiger partial charge in [0, 0.05) is 60.4 Å². The molecule has 10 aromatic rings. The van der Waals surface area contributed by atoms with Crippen LogP contribution >= 0.6 is 45.9 Å². The summed E-state index contributed by atoms with van der Waals surface area (Å²) in [6.45, 7) is 39.6. The third-order valence-electron chi connectivity index (χ3n) is 7.29. The molecular weight excluding hydrogens is 993 g/mol. The zero-order chi connectivity index (χ0) is 53.9. The number of nitrogens with zero attached hydrogens (tertiary/aromatic N) is 19. The molecule has 0 atom stereocenters. The van der Waals surface area contributed by atoms with Crippen LogP contribution in [0.25, 0.3) is 0 Å². The average molecular weight is 1060 g/mol. The molecule has 25 nitrogen and oxygen atoms in total. The van der Waals surface area contributed by atoms with Gasteiger partial charge in [-0.15, -0.1) is 52.1 Å². The normalized spacial score (nSPS) is 9.20. The van der Waals surface area contributed by atoms with Crippen LogP contribution in [0.4, 0.5) is 0 Å². The molecule has 0 aliphatic carbocycles. The van der Waals surface area contributed by atoms with E-state index in [2.05, 4.69) is 118 Å². The molecule has 29 heteroatoms. The topological polar surface area (TPSA) is 326 Å². The first-order valence-electron chi connectivity index (χ1n) is 21.4. The van der Waals surface area contributed by atoms with Gasteiger partial charge < -0.3 is 27.5 Å². The minimum Gasteiger partial charge on any atom is -0.426 e. The van der Waals surface area contributed by atoms with E-state index in [4.69, 9.17) is 4.42 Å². The van der Waals surface area contributed by atoms with Crippen molar-refractivity contribution in [1.29, 1.82) is 0 Å². The van der Waals surface area contributed by atoms with Crippen LogP contribution in [0.3, 0.4) is 0 Å². The average Bonchev–Trinajstić information content (AvgIpc) is 4.18. The number of H-pyrrole nitrogens is 1. The molecule has 0 bridgehead atoms. The van der Waals surface area contributed by atoms with Gasteiger partial charge in [-0.05, 0) is 138 Å². The lowest BCUT2D eigenvalue weighted by molar-refractivity contribution is 0.373. The molecule has 0 radical (unpaired) electrons. The molecule has 0 aliphatic rings. The Labute approximate surface area is 430 Å². The Morgan fingerprint density at radius 2 is 0.859 bits per heavy atom. The van der Waals surface area contributed by atoms with Gasteiger partial charge in [0.1, 0.15) is 38.1 Å². The molecule has 0 fully saturated rings. The van der Waals surface area contributed by atoms with Crippen molar-refractivity contribution in [3.05, 3.63) is 118 Å². The number of nitrogens with one attached hydrogen (secondary N) is 1. The third-order valence-corrected chi connectivity index (χ3v) is 10.2. The number of imidazole rings is 1. The van der Waals surface area contributed by atoms with Crippen molar-refractivity contribution in [3.8, 4) is 0 Å². The van der Waals surface area contributed by atoms with Gasteiger partial charge >= 0.3 is 0 Å². The zero-order valence-corrected chi connectivity index (χ0v) is 47.6. The van der Waals surface area contributed by atoms with Gasteiger partial charge in [-0.1, -0.05) is 33.1 Å². The smallest absolute Gasteiger partial charge is 0.223 e. The molecule has 0 aliphatic heterocycles. The fourth-order valence-electron chi connectivity index (χ4n) is 3.45. The van der Waals surface area contributed by atoms with Gasteiger partial charge in [-0.2, -0.15) is 14.3 Å². The third kappa shape index (κ3) is 32.6.